The molecule has 2 saturated heterocycles. The second-order valence-electron chi connectivity index (χ2n) is 4.38. The molecule has 0 radical (unpaired) electrons. The standard InChI is InChI=1S/C10H18N2O/c1-8(13)12-6-3-9-7-11(2)5-4-10(9)12/h9-10H,3-7H2,1-2H3. The molecule has 0 bridgehead atoms. The van der Waals surface area contributed by atoms with Gasteiger partial charge in [-0.2, -0.15) is 0 Å². The Hall–Kier alpha value is -0.570. The number of piperidine rings is 1. The lowest BCUT2D eigenvalue weighted by Gasteiger charge is -2.35. The number of rotatable bonds is 0. The summed E-state index contributed by atoms with van der Waals surface area (Å²) in [5, 5.41) is 0. The van der Waals surface area contributed by atoms with Gasteiger partial charge in [0.15, 0.2) is 0 Å². The molecule has 2 heterocycles. The number of carbonyl (C=O) groups excluding carboxylic acids is 1. The Kier molecular flexibility index (Phi) is 2.28. The van der Waals surface area contributed by atoms with Crippen LogP contribution in [0.3, 0.4) is 0 Å². The first-order chi connectivity index (χ1) is 6.18. The van der Waals surface area contributed by atoms with Gasteiger partial charge >= 0.3 is 0 Å². The molecule has 3 heteroatoms. The van der Waals surface area contributed by atoms with Gasteiger partial charge in [0.1, 0.15) is 0 Å². The van der Waals surface area contributed by atoms with Gasteiger partial charge in [0, 0.05) is 26.1 Å². The third-order valence-electron chi connectivity index (χ3n) is 3.44. The molecule has 74 valence electrons. The smallest absolute Gasteiger partial charge is 0.219 e. The van der Waals surface area contributed by atoms with Crippen molar-refractivity contribution in [3.8, 4) is 0 Å². The summed E-state index contributed by atoms with van der Waals surface area (Å²) in [4.78, 5) is 15.7. The van der Waals surface area contributed by atoms with Crippen LogP contribution in [-0.4, -0.2) is 48.4 Å². The van der Waals surface area contributed by atoms with Crippen LogP contribution in [0, 0.1) is 5.92 Å². The maximum Gasteiger partial charge on any atom is 0.219 e. The van der Waals surface area contributed by atoms with E-state index in [1.54, 1.807) is 6.92 Å². The van der Waals surface area contributed by atoms with Crippen molar-refractivity contribution < 1.29 is 4.79 Å². The van der Waals surface area contributed by atoms with Crippen molar-refractivity contribution in [3.63, 3.8) is 0 Å². The predicted molar refractivity (Wildman–Crippen MR) is 51.4 cm³/mol. The average molecular weight is 182 g/mol. The summed E-state index contributed by atoms with van der Waals surface area (Å²) in [6, 6.07) is 0.550. The van der Waals surface area contributed by atoms with Crippen LogP contribution in [0.15, 0.2) is 0 Å². The zero-order valence-electron chi connectivity index (χ0n) is 8.49. The molecule has 2 aliphatic rings. The number of likely N-dealkylation sites (tertiary alicyclic amines) is 2. The number of amides is 1. The maximum absolute atomic E-state index is 11.3. The van der Waals surface area contributed by atoms with Crippen LogP contribution >= 0.6 is 0 Å². The first kappa shape index (κ1) is 9.00. The highest BCUT2D eigenvalue weighted by atomic mass is 16.2. The molecule has 0 aromatic carbocycles. The van der Waals surface area contributed by atoms with Crippen molar-refractivity contribution in [1.29, 1.82) is 0 Å². The Morgan fingerprint density at radius 3 is 2.77 bits per heavy atom. The van der Waals surface area contributed by atoms with Gasteiger partial charge in [0.2, 0.25) is 5.91 Å². The minimum atomic E-state index is 0.261. The maximum atomic E-state index is 11.3. The van der Waals surface area contributed by atoms with E-state index >= 15 is 0 Å². The van der Waals surface area contributed by atoms with Crippen molar-refractivity contribution in [2.45, 2.75) is 25.8 Å². The fourth-order valence-corrected chi connectivity index (χ4v) is 2.76. The Labute approximate surface area is 79.7 Å². The van der Waals surface area contributed by atoms with Gasteiger partial charge in [-0.15, -0.1) is 0 Å². The first-order valence-corrected chi connectivity index (χ1v) is 5.14. The summed E-state index contributed by atoms with van der Waals surface area (Å²) < 4.78 is 0. The highest BCUT2D eigenvalue weighted by molar-refractivity contribution is 5.74. The lowest BCUT2D eigenvalue weighted by atomic mass is 9.93. The van der Waals surface area contributed by atoms with Gasteiger partial charge in [0.05, 0.1) is 0 Å². The minimum Gasteiger partial charge on any atom is -0.340 e. The van der Waals surface area contributed by atoms with Gasteiger partial charge in [-0.3, -0.25) is 4.79 Å². The van der Waals surface area contributed by atoms with E-state index in [1.807, 2.05) is 0 Å². The van der Waals surface area contributed by atoms with Crippen molar-refractivity contribution in [3.05, 3.63) is 0 Å². The molecule has 0 aromatic rings. The fourth-order valence-electron chi connectivity index (χ4n) is 2.76. The minimum absolute atomic E-state index is 0.261. The van der Waals surface area contributed by atoms with E-state index in [9.17, 15) is 4.79 Å². The van der Waals surface area contributed by atoms with E-state index in [-0.39, 0.29) is 5.91 Å². The average Bonchev–Trinajstić information content (AvgIpc) is 2.46. The fraction of sp³-hybridized carbons (Fsp3) is 0.900. The van der Waals surface area contributed by atoms with Crippen LogP contribution in [0.1, 0.15) is 19.8 Å². The van der Waals surface area contributed by atoms with Crippen LogP contribution in [0.25, 0.3) is 0 Å². The lowest BCUT2D eigenvalue weighted by Crippen LogP contribution is -2.45. The molecular weight excluding hydrogens is 164 g/mol. The topological polar surface area (TPSA) is 23.6 Å². The van der Waals surface area contributed by atoms with Gasteiger partial charge in [0.25, 0.3) is 0 Å². The Morgan fingerprint density at radius 2 is 2.08 bits per heavy atom. The van der Waals surface area contributed by atoms with Crippen molar-refractivity contribution in [2.75, 3.05) is 26.7 Å². The monoisotopic (exact) mass is 182 g/mol. The SMILES string of the molecule is CC(=O)N1CCC2CN(C)CCC21. The lowest BCUT2D eigenvalue weighted by molar-refractivity contribution is -0.130. The van der Waals surface area contributed by atoms with Crippen molar-refractivity contribution in [2.24, 2.45) is 5.92 Å². The largest absolute Gasteiger partial charge is 0.340 e. The van der Waals surface area contributed by atoms with Gasteiger partial charge in [-0.05, 0) is 32.4 Å². The Morgan fingerprint density at radius 1 is 1.31 bits per heavy atom. The summed E-state index contributed by atoms with van der Waals surface area (Å²) in [5.41, 5.74) is 0. The molecular formula is C10H18N2O. The van der Waals surface area contributed by atoms with E-state index in [4.69, 9.17) is 0 Å². The number of hydrogen-bond donors (Lipinski definition) is 0. The molecule has 3 nitrogen and oxygen atoms in total. The molecule has 0 spiro atoms. The van der Waals surface area contributed by atoms with Crippen molar-refractivity contribution >= 4 is 5.91 Å². The molecule has 1 amide bonds. The van der Waals surface area contributed by atoms with E-state index in [2.05, 4.69) is 16.8 Å². The molecule has 0 saturated carbocycles. The summed E-state index contributed by atoms with van der Waals surface area (Å²) in [6.07, 6.45) is 2.37. The normalized spacial score (nSPS) is 34.8. The zero-order chi connectivity index (χ0) is 9.42. The summed E-state index contributed by atoms with van der Waals surface area (Å²) in [7, 11) is 2.17. The highest BCUT2D eigenvalue weighted by Crippen LogP contribution is 2.30. The van der Waals surface area contributed by atoms with Crippen LogP contribution in [0.2, 0.25) is 0 Å². The molecule has 13 heavy (non-hydrogen) atoms. The van der Waals surface area contributed by atoms with Crippen LogP contribution in [-0.2, 0) is 4.79 Å². The van der Waals surface area contributed by atoms with Crippen LogP contribution in [0.4, 0.5) is 0 Å². The van der Waals surface area contributed by atoms with E-state index < -0.39 is 0 Å². The number of hydrogen-bond acceptors (Lipinski definition) is 2. The van der Waals surface area contributed by atoms with E-state index in [1.165, 1.54) is 19.4 Å². The number of nitrogens with zero attached hydrogens (tertiary/aromatic N) is 2. The molecule has 0 N–H and O–H groups in total. The first-order valence-electron chi connectivity index (χ1n) is 5.14. The molecule has 0 aromatic heterocycles. The second-order valence-corrected chi connectivity index (χ2v) is 4.38. The molecule has 2 fully saturated rings. The van der Waals surface area contributed by atoms with E-state index in [0.29, 0.717) is 6.04 Å². The molecule has 2 atom stereocenters. The number of carbonyl (C=O) groups is 1. The Balaban J connectivity index is 2.04. The van der Waals surface area contributed by atoms with Gasteiger partial charge in [-0.1, -0.05) is 0 Å². The van der Waals surface area contributed by atoms with Gasteiger partial charge < -0.3 is 9.80 Å². The third-order valence-corrected chi connectivity index (χ3v) is 3.44. The summed E-state index contributed by atoms with van der Waals surface area (Å²) in [5.74, 6) is 1.000. The molecule has 2 unspecified atom stereocenters. The summed E-state index contributed by atoms with van der Waals surface area (Å²) >= 11 is 0. The Bertz CT molecular complexity index is 217. The zero-order valence-corrected chi connectivity index (χ0v) is 8.49. The molecule has 0 aliphatic carbocycles. The predicted octanol–water partition coefficient (Wildman–Crippen LogP) is 0.559. The molecule has 2 aliphatic heterocycles. The van der Waals surface area contributed by atoms with E-state index in [0.717, 1.165) is 19.0 Å². The molecule has 2 rings (SSSR count). The second kappa shape index (κ2) is 3.29. The number of fused-ring (bicyclic) bond motifs is 1. The van der Waals surface area contributed by atoms with Gasteiger partial charge in [-0.25, -0.2) is 0 Å². The van der Waals surface area contributed by atoms with Crippen molar-refractivity contribution in [1.82, 2.24) is 9.80 Å². The summed E-state index contributed by atoms with van der Waals surface area (Å²) in [6.45, 7) is 5.00. The highest BCUT2D eigenvalue weighted by Gasteiger charge is 2.38. The third kappa shape index (κ3) is 1.57. The quantitative estimate of drug-likeness (QED) is 0.546. The van der Waals surface area contributed by atoms with Crippen LogP contribution in [0.5, 0.6) is 0 Å². The van der Waals surface area contributed by atoms with Crippen LogP contribution < -0.4 is 0 Å².